The maximum Gasteiger partial charge on any atom is 0.113 e. The molecule has 0 saturated heterocycles. The van der Waals surface area contributed by atoms with Gasteiger partial charge in [0.05, 0.1) is 59.7 Å². The minimum absolute atomic E-state index is 0.125. The van der Waals surface area contributed by atoms with Gasteiger partial charge >= 0.3 is 0 Å². The molecule has 0 spiro atoms. The quantitative estimate of drug-likeness (QED) is 0.0825. The molecule has 2 atom stereocenters. The zero-order chi connectivity index (χ0) is 23.6. The van der Waals surface area contributed by atoms with Crippen LogP contribution in [-0.2, 0) is 25.1 Å². The summed E-state index contributed by atoms with van der Waals surface area (Å²) in [6, 6.07) is 0. The molecular weight excluding hydrogens is 533 g/mol. The Morgan fingerprint density at radius 2 is 0.774 bits per heavy atom. The highest BCUT2D eigenvalue weighted by molar-refractivity contribution is 8.21. The smallest absolute Gasteiger partial charge is 0.113 e. The molecule has 13 heteroatoms. The largest absolute Gasteiger partial charge is 0.315 e. The van der Waals surface area contributed by atoms with Crippen molar-refractivity contribution in [2.75, 3.05) is 39.6 Å². The van der Waals surface area contributed by atoms with E-state index in [0.717, 1.165) is 0 Å². The van der Waals surface area contributed by atoms with Crippen LogP contribution in [0.5, 0.6) is 0 Å². The van der Waals surface area contributed by atoms with Crippen LogP contribution in [0.1, 0.15) is 55.4 Å². The zero-order valence-electron chi connectivity index (χ0n) is 20.0. The predicted molar refractivity (Wildman–Crippen MR) is 148 cm³/mol. The fraction of sp³-hybridized carbons (Fsp3) is 1.00. The topological polar surface area (TPSA) is 55.4 Å². The average Bonchev–Trinajstić information content (AvgIpc) is 2.79. The van der Waals surface area contributed by atoms with Crippen molar-refractivity contribution in [3.63, 3.8) is 0 Å². The Bertz CT molecular complexity index is 377. The highest BCUT2D eigenvalue weighted by Crippen LogP contribution is 2.54. The summed E-state index contributed by atoms with van der Waals surface area (Å²) < 4.78 is 34.7. The number of hydrogen-bond acceptors (Lipinski definition) is 12. The maximum absolute atomic E-state index is 5.96. The van der Waals surface area contributed by atoms with Crippen LogP contribution in [0.2, 0.25) is 0 Å². The molecule has 0 aromatic carbocycles. The van der Waals surface area contributed by atoms with Gasteiger partial charge in [-0.15, -0.1) is 0 Å². The standard InChI is InChI=1S/C18H40O6S6Si/c1-9-19-25-15(7)17(27-21-11-3,28-22-12-4)31-18(29-23-13-5,30-24-14-6)16(8)26-20-10-2/h15-16H,9-14,31H2,1-8H3. The average molecular weight is 573 g/mol. The van der Waals surface area contributed by atoms with Crippen molar-refractivity contribution in [2.45, 2.75) is 73.3 Å². The second-order valence-electron chi connectivity index (χ2n) is 6.05. The summed E-state index contributed by atoms with van der Waals surface area (Å²) in [5.41, 5.74) is 0. The lowest BCUT2D eigenvalue weighted by Gasteiger charge is -2.43. The SMILES string of the molecule is CCOSC(C)C([SiH2]C(SOCC)(SOCC)C(C)SOCC)(SOCC)SOCC. The van der Waals surface area contributed by atoms with Gasteiger partial charge in [0.25, 0.3) is 0 Å². The first kappa shape index (κ1) is 33.1. The highest BCUT2D eigenvalue weighted by atomic mass is 32.2. The lowest BCUT2D eigenvalue weighted by atomic mass is 10.5. The molecule has 31 heavy (non-hydrogen) atoms. The van der Waals surface area contributed by atoms with Crippen LogP contribution in [0, 0.1) is 0 Å². The van der Waals surface area contributed by atoms with E-state index in [-0.39, 0.29) is 17.9 Å². The van der Waals surface area contributed by atoms with Crippen molar-refractivity contribution in [2.24, 2.45) is 0 Å². The summed E-state index contributed by atoms with van der Waals surface area (Å²) in [7, 11) is -1.06. The molecule has 0 fully saturated rings. The van der Waals surface area contributed by atoms with Crippen LogP contribution in [0.25, 0.3) is 0 Å². The van der Waals surface area contributed by atoms with Crippen molar-refractivity contribution < 1.29 is 25.1 Å². The van der Waals surface area contributed by atoms with Crippen molar-refractivity contribution in [3.8, 4) is 0 Å². The van der Waals surface area contributed by atoms with E-state index in [9.17, 15) is 0 Å². The van der Waals surface area contributed by atoms with Gasteiger partial charge in [-0.1, -0.05) is 0 Å². The van der Waals surface area contributed by atoms with E-state index in [4.69, 9.17) is 25.1 Å². The monoisotopic (exact) mass is 572 g/mol. The summed E-state index contributed by atoms with van der Waals surface area (Å²) in [5.74, 6) is 0. The normalized spacial score (nSPS) is 15.1. The van der Waals surface area contributed by atoms with Crippen molar-refractivity contribution in [3.05, 3.63) is 0 Å². The Kier molecular flexibility index (Phi) is 21.6. The summed E-state index contributed by atoms with van der Waals surface area (Å²) >= 11 is 9.05. The molecular formula is C18H40O6S6Si. The second kappa shape index (κ2) is 20.3. The third kappa shape index (κ3) is 12.6. The summed E-state index contributed by atoms with van der Waals surface area (Å²) in [6.07, 6.45) is 0. The van der Waals surface area contributed by atoms with Gasteiger partial charge < -0.3 is 25.1 Å². The first-order chi connectivity index (χ1) is 14.9. The van der Waals surface area contributed by atoms with Gasteiger partial charge in [0.2, 0.25) is 0 Å². The van der Waals surface area contributed by atoms with E-state index in [1.54, 1.807) is 0 Å². The van der Waals surface area contributed by atoms with Crippen LogP contribution in [0.15, 0.2) is 0 Å². The van der Waals surface area contributed by atoms with Gasteiger partial charge in [0.1, 0.15) is 7.40 Å². The van der Waals surface area contributed by atoms with Crippen molar-refractivity contribution in [1.29, 1.82) is 0 Å². The number of hydrogen-bond donors (Lipinski definition) is 0. The Hall–Kier alpha value is 2.08. The summed E-state index contributed by atoms with van der Waals surface area (Å²) in [6.45, 7) is 20.2. The van der Waals surface area contributed by atoms with Crippen molar-refractivity contribution >= 4 is 81.8 Å². The summed E-state index contributed by atoms with van der Waals surface area (Å²) in [4.78, 5) is 0. The molecule has 188 valence electrons. The molecule has 2 unspecified atom stereocenters. The molecule has 0 bridgehead atoms. The van der Waals surface area contributed by atoms with Gasteiger partial charge in [0, 0.05) is 48.2 Å². The van der Waals surface area contributed by atoms with Crippen LogP contribution in [0.4, 0.5) is 0 Å². The lowest BCUT2D eigenvalue weighted by molar-refractivity contribution is 0.380. The zero-order valence-corrected chi connectivity index (χ0v) is 26.3. The van der Waals surface area contributed by atoms with E-state index < -0.39 is 9.52 Å². The predicted octanol–water partition coefficient (Wildman–Crippen LogP) is 6.35. The van der Waals surface area contributed by atoms with Crippen LogP contribution >= 0.6 is 72.3 Å². The molecule has 0 radical (unpaired) electrons. The second-order valence-corrected chi connectivity index (χ2v) is 18.0. The van der Waals surface area contributed by atoms with Gasteiger partial charge in [-0.05, 0) is 79.5 Å². The molecule has 0 aromatic rings. The minimum Gasteiger partial charge on any atom is -0.315 e. The Morgan fingerprint density at radius 3 is 1.00 bits per heavy atom. The van der Waals surface area contributed by atoms with Crippen LogP contribution < -0.4 is 0 Å². The van der Waals surface area contributed by atoms with E-state index in [0.29, 0.717) is 39.6 Å². The Balaban J connectivity index is 6.20. The molecule has 0 N–H and O–H groups in total. The first-order valence-corrected chi connectivity index (χ1v) is 16.7. The molecule has 0 amide bonds. The minimum atomic E-state index is -1.06. The van der Waals surface area contributed by atoms with E-state index in [2.05, 4.69) is 13.8 Å². The highest BCUT2D eigenvalue weighted by Gasteiger charge is 2.53. The Labute approximate surface area is 218 Å². The molecule has 0 saturated carbocycles. The van der Waals surface area contributed by atoms with E-state index >= 15 is 0 Å². The molecule has 0 heterocycles. The van der Waals surface area contributed by atoms with Crippen LogP contribution in [0.3, 0.4) is 0 Å². The third-order valence-corrected chi connectivity index (χ3v) is 17.1. The third-order valence-electron chi connectivity index (χ3n) is 3.66. The molecule has 0 aromatic heterocycles. The van der Waals surface area contributed by atoms with E-state index in [1.165, 1.54) is 72.3 Å². The molecule has 0 aliphatic rings. The molecule has 0 rings (SSSR count). The van der Waals surface area contributed by atoms with Crippen LogP contribution in [-0.4, -0.2) is 67.1 Å². The van der Waals surface area contributed by atoms with Gasteiger partial charge in [-0.3, -0.25) is 0 Å². The van der Waals surface area contributed by atoms with Crippen molar-refractivity contribution in [1.82, 2.24) is 0 Å². The summed E-state index contributed by atoms with van der Waals surface area (Å²) in [5, 5.41) is 0.251. The van der Waals surface area contributed by atoms with Gasteiger partial charge in [-0.2, -0.15) is 0 Å². The fourth-order valence-electron chi connectivity index (χ4n) is 2.17. The van der Waals surface area contributed by atoms with E-state index in [1.807, 2.05) is 41.5 Å². The molecule has 0 aliphatic heterocycles. The number of rotatable bonds is 22. The maximum atomic E-state index is 5.96. The first-order valence-electron chi connectivity index (χ1n) is 10.7. The molecule has 6 nitrogen and oxygen atoms in total. The fourth-order valence-corrected chi connectivity index (χ4v) is 14.6. The molecule has 0 aliphatic carbocycles. The Morgan fingerprint density at radius 1 is 0.516 bits per heavy atom. The van der Waals surface area contributed by atoms with Gasteiger partial charge in [-0.25, -0.2) is 0 Å². The lowest BCUT2D eigenvalue weighted by Crippen LogP contribution is -2.52. The van der Waals surface area contributed by atoms with Gasteiger partial charge in [0.15, 0.2) is 0 Å².